The molecule has 0 N–H and O–H groups in total. The lowest BCUT2D eigenvalue weighted by Gasteiger charge is -2.21. The van der Waals surface area contributed by atoms with Crippen LogP contribution >= 0.6 is 0 Å². The minimum Gasteiger partial charge on any atom is -0.462 e. The normalized spacial score (nSPS) is 20.1. The first-order valence-electron chi connectivity index (χ1n) is 6.24. The molecule has 0 aromatic carbocycles. The van der Waals surface area contributed by atoms with Crippen LogP contribution in [0.4, 0.5) is 0 Å². The molecule has 0 saturated heterocycles. The number of hydrogen-bond donors (Lipinski definition) is 0. The fourth-order valence-corrected chi connectivity index (χ4v) is 2.00. The molecule has 15 heavy (non-hydrogen) atoms. The molecule has 1 aliphatic rings. The lowest BCUT2D eigenvalue weighted by Crippen LogP contribution is -2.27. The van der Waals surface area contributed by atoms with Gasteiger partial charge < -0.3 is 4.74 Å². The molecule has 1 rings (SSSR count). The molecule has 0 amide bonds. The first kappa shape index (κ1) is 12.5. The van der Waals surface area contributed by atoms with Crippen LogP contribution < -0.4 is 0 Å². The molecule has 0 heterocycles. The molecule has 1 unspecified atom stereocenters. The summed E-state index contributed by atoms with van der Waals surface area (Å²) in [6, 6.07) is 0. The van der Waals surface area contributed by atoms with Gasteiger partial charge in [0, 0.05) is 0 Å². The standard InChI is InChI=1S/C13H24O2/c1-5-6-7-11(4)15-12(14)13(8-9-13)10(2)3/h10-11H,5-9H2,1-4H3. The van der Waals surface area contributed by atoms with Gasteiger partial charge in [0.25, 0.3) is 0 Å². The van der Waals surface area contributed by atoms with E-state index in [1.165, 1.54) is 0 Å². The Hall–Kier alpha value is -0.530. The van der Waals surface area contributed by atoms with Gasteiger partial charge in [0.1, 0.15) is 0 Å². The van der Waals surface area contributed by atoms with Gasteiger partial charge >= 0.3 is 5.97 Å². The Kier molecular flexibility index (Phi) is 4.18. The zero-order chi connectivity index (χ0) is 11.5. The van der Waals surface area contributed by atoms with Crippen LogP contribution in [0.25, 0.3) is 0 Å². The second kappa shape index (κ2) is 5.00. The smallest absolute Gasteiger partial charge is 0.312 e. The summed E-state index contributed by atoms with van der Waals surface area (Å²) in [7, 11) is 0. The van der Waals surface area contributed by atoms with Gasteiger partial charge in [-0.05, 0) is 32.1 Å². The lowest BCUT2D eigenvalue weighted by molar-refractivity contribution is -0.157. The predicted octanol–water partition coefficient (Wildman–Crippen LogP) is 3.54. The van der Waals surface area contributed by atoms with E-state index in [2.05, 4.69) is 20.8 Å². The fraction of sp³-hybridized carbons (Fsp3) is 0.923. The van der Waals surface area contributed by atoms with Crippen molar-refractivity contribution >= 4 is 5.97 Å². The van der Waals surface area contributed by atoms with E-state index >= 15 is 0 Å². The molecule has 1 aliphatic carbocycles. The van der Waals surface area contributed by atoms with Crippen LogP contribution in [0.1, 0.15) is 59.8 Å². The number of esters is 1. The van der Waals surface area contributed by atoms with E-state index in [4.69, 9.17) is 4.74 Å². The molecule has 0 aromatic heterocycles. The average Bonchev–Trinajstić information content (AvgIpc) is 2.95. The van der Waals surface area contributed by atoms with E-state index in [1.807, 2.05) is 6.92 Å². The quantitative estimate of drug-likeness (QED) is 0.629. The van der Waals surface area contributed by atoms with E-state index in [9.17, 15) is 4.79 Å². The van der Waals surface area contributed by atoms with Gasteiger partial charge in [-0.15, -0.1) is 0 Å². The summed E-state index contributed by atoms with van der Waals surface area (Å²) < 4.78 is 5.50. The van der Waals surface area contributed by atoms with Gasteiger partial charge in [-0.2, -0.15) is 0 Å². The van der Waals surface area contributed by atoms with Crippen LogP contribution in [-0.4, -0.2) is 12.1 Å². The molecule has 0 aromatic rings. The first-order chi connectivity index (χ1) is 7.03. The SMILES string of the molecule is CCCCC(C)OC(=O)C1(C(C)C)CC1. The second-order valence-corrected chi connectivity index (χ2v) is 5.17. The van der Waals surface area contributed by atoms with E-state index in [0.717, 1.165) is 32.1 Å². The third-order valence-corrected chi connectivity index (χ3v) is 3.57. The van der Waals surface area contributed by atoms with Gasteiger partial charge in [-0.3, -0.25) is 4.79 Å². The Morgan fingerprint density at radius 2 is 1.93 bits per heavy atom. The molecular weight excluding hydrogens is 188 g/mol. The molecule has 2 nitrogen and oxygen atoms in total. The number of hydrogen-bond acceptors (Lipinski definition) is 2. The third kappa shape index (κ3) is 2.96. The zero-order valence-corrected chi connectivity index (χ0v) is 10.5. The Morgan fingerprint density at radius 1 is 1.33 bits per heavy atom. The van der Waals surface area contributed by atoms with Crippen LogP contribution in [0.5, 0.6) is 0 Å². The lowest BCUT2D eigenvalue weighted by atomic mass is 9.92. The number of carbonyl (C=O) groups excluding carboxylic acids is 1. The highest BCUT2D eigenvalue weighted by Crippen LogP contribution is 2.53. The highest BCUT2D eigenvalue weighted by Gasteiger charge is 2.53. The zero-order valence-electron chi connectivity index (χ0n) is 10.5. The van der Waals surface area contributed by atoms with Gasteiger partial charge in [0.2, 0.25) is 0 Å². The predicted molar refractivity (Wildman–Crippen MR) is 61.6 cm³/mol. The van der Waals surface area contributed by atoms with E-state index < -0.39 is 0 Å². The largest absolute Gasteiger partial charge is 0.462 e. The topological polar surface area (TPSA) is 26.3 Å². The Morgan fingerprint density at radius 3 is 2.33 bits per heavy atom. The summed E-state index contributed by atoms with van der Waals surface area (Å²) >= 11 is 0. The minimum atomic E-state index is -0.125. The molecule has 88 valence electrons. The number of rotatable bonds is 6. The minimum absolute atomic E-state index is 0.0427. The fourth-order valence-electron chi connectivity index (χ4n) is 2.00. The van der Waals surface area contributed by atoms with Crippen molar-refractivity contribution in [2.24, 2.45) is 11.3 Å². The van der Waals surface area contributed by atoms with Crippen LogP contribution in [-0.2, 0) is 9.53 Å². The van der Waals surface area contributed by atoms with E-state index in [-0.39, 0.29) is 17.5 Å². The van der Waals surface area contributed by atoms with Gasteiger partial charge in [0.05, 0.1) is 11.5 Å². The third-order valence-electron chi connectivity index (χ3n) is 3.57. The molecule has 0 aliphatic heterocycles. The van der Waals surface area contributed by atoms with Crippen molar-refractivity contribution in [3.8, 4) is 0 Å². The summed E-state index contributed by atoms with van der Waals surface area (Å²) in [6.45, 7) is 8.39. The maximum absolute atomic E-state index is 11.9. The van der Waals surface area contributed by atoms with Gasteiger partial charge in [0.15, 0.2) is 0 Å². The molecule has 1 atom stereocenters. The molecule has 1 saturated carbocycles. The summed E-state index contributed by atoms with van der Waals surface area (Å²) in [5.41, 5.74) is -0.125. The highest BCUT2D eigenvalue weighted by molar-refractivity contribution is 5.80. The van der Waals surface area contributed by atoms with Crippen molar-refractivity contribution in [1.29, 1.82) is 0 Å². The Bertz CT molecular complexity index is 217. The van der Waals surface area contributed by atoms with Crippen molar-refractivity contribution in [1.82, 2.24) is 0 Å². The molecular formula is C13H24O2. The van der Waals surface area contributed by atoms with Crippen LogP contribution in [0.15, 0.2) is 0 Å². The average molecular weight is 212 g/mol. The van der Waals surface area contributed by atoms with Gasteiger partial charge in [-0.25, -0.2) is 0 Å². The molecule has 0 spiro atoms. The maximum atomic E-state index is 11.9. The Labute approximate surface area is 93.4 Å². The molecule has 0 bridgehead atoms. The van der Waals surface area contributed by atoms with Crippen molar-refractivity contribution in [3.63, 3.8) is 0 Å². The van der Waals surface area contributed by atoms with Crippen LogP contribution in [0.2, 0.25) is 0 Å². The van der Waals surface area contributed by atoms with Crippen molar-refractivity contribution in [2.75, 3.05) is 0 Å². The Balaban J connectivity index is 2.35. The number of unbranched alkanes of at least 4 members (excludes halogenated alkanes) is 1. The number of ether oxygens (including phenoxy) is 1. The van der Waals surface area contributed by atoms with Crippen LogP contribution in [0, 0.1) is 11.3 Å². The number of carbonyl (C=O) groups is 1. The summed E-state index contributed by atoms with van der Waals surface area (Å²) in [5.74, 6) is 0.462. The molecule has 2 heteroatoms. The molecule has 1 fully saturated rings. The summed E-state index contributed by atoms with van der Waals surface area (Å²) in [6.07, 6.45) is 5.43. The van der Waals surface area contributed by atoms with E-state index in [0.29, 0.717) is 5.92 Å². The van der Waals surface area contributed by atoms with Gasteiger partial charge in [-0.1, -0.05) is 33.6 Å². The van der Waals surface area contributed by atoms with Crippen LogP contribution in [0.3, 0.4) is 0 Å². The van der Waals surface area contributed by atoms with E-state index in [1.54, 1.807) is 0 Å². The van der Waals surface area contributed by atoms with Crippen molar-refractivity contribution in [3.05, 3.63) is 0 Å². The van der Waals surface area contributed by atoms with Crippen molar-refractivity contribution in [2.45, 2.75) is 65.9 Å². The van der Waals surface area contributed by atoms with Crippen molar-refractivity contribution < 1.29 is 9.53 Å². The summed E-state index contributed by atoms with van der Waals surface area (Å²) in [4.78, 5) is 11.9. The summed E-state index contributed by atoms with van der Waals surface area (Å²) in [5, 5.41) is 0. The first-order valence-corrected chi connectivity index (χ1v) is 6.24. The highest BCUT2D eigenvalue weighted by atomic mass is 16.5. The maximum Gasteiger partial charge on any atom is 0.312 e. The second-order valence-electron chi connectivity index (χ2n) is 5.17. The monoisotopic (exact) mass is 212 g/mol. The molecule has 0 radical (unpaired) electrons.